The van der Waals surface area contributed by atoms with E-state index in [0.717, 1.165) is 37.8 Å². The lowest BCUT2D eigenvalue weighted by atomic mass is 9.74. The van der Waals surface area contributed by atoms with Crippen molar-refractivity contribution in [2.24, 2.45) is 17.6 Å². The number of ether oxygens (including phenoxy) is 1. The Morgan fingerprint density at radius 3 is 2.26 bits per heavy atom. The van der Waals surface area contributed by atoms with Gasteiger partial charge in [-0.05, 0) is 64.7 Å². The Labute approximate surface area is 116 Å². The Morgan fingerprint density at radius 2 is 1.79 bits per heavy atom. The fourth-order valence-electron chi connectivity index (χ4n) is 3.13. The van der Waals surface area contributed by atoms with E-state index in [4.69, 9.17) is 10.5 Å². The standard InChI is InChI=1S/C15H28N2O2/c1-15(2,3)19-14(18)17-6-4-11(5-7-17)8-12-9-13(16)10-12/h11-13H,4-10,16H2,1-3H3. The lowest BCUT2D eigenvalue weighted by Gasteiger charge is -2.38. The van der Waals surface area contributed by atoms with Gasteiger partial charge in [0.1, 0.15) is 5.60 Å². The summed E-state index contributed by atoms with van der Waals surface area (Å²) >= 11 is 0. The van der Waals surface area contributed by atoms with Crippen molar-refractivity contribution >= 4 is 6.09 Å². The second-order valence-corrected chi connectivity index (χ2v) is 7.24. The number of piperidine rings is 1. The van der Waals surface area contributed by atoms with Gasteiger partial charge in [-0.25, -0.2) is 4.79 Å². The average molecular weight is 268 g/mol. The molecule has 1 aliphatic carbocycles. The topological polar surface area (TPSA) is 55.6 Å². The minimum atomic E-state index is -0.393. The van der Waals surface area contributed by atoms with E-state index < -0.39 is 5.60 Å². The molecule has 2 rings (SSSR count). The van der Waals surface area contributed by atoms with Crippen LogP contribution in [-0.4, -0.2) is 35.7 Å². The molecular formula is C15H28N2O2. The minimum Gasteiger partial charge on any atom is -0.444 e. The molecule has 0 unspecified atom stereocenters. The third-order valence-corrected chi connectivity index (χ3v) is 4.21. The van der Waals surface area contributed by atoms with Crippen molar-refractivity contribution in [2.75, 3.05) is 13.1 Å². The smallest absolute Gasteiger partial charge is 0.410 e. The van der Waals surface area contributed by atoms with Gasteiger partial charge in [0, 0.05) is 19.1 Å². The molecule has 4 heteroatoms. The molecule has 1 amide bonds. The third kappa shape index (κ3) is 4.37. The van der Waals surface area contributed by atoms with Crippen molar-refractivity contribution in [2.45, 2.75) is 64.5 Å². The summed E-state index contributed by atoms with van der Waals surface area (Å²) in [5.74, 6) is 1.62. The van der Waals surface area contributed by atoms with Gasteiger partial charge in [0.05, 0.1) is 0 Å². The number of likely N-dealkylation sites (tertiary alicyclic amines) is 1. The monoisotopic (exact) mass is 268 g/mol. The Kier molecular flexibility index (Phi) is 4.39. The van der Waals surface area contributed by atoms with Crippen molar-refractivity contribution in [3.05, 3.63) is 0 Å². The first kappa shape index (κ1) is 14.6. The van der Waals surface area contributed by atoms with Crippen molar-refractivity contribution in [1.29, 1.82) is 0 Å². The molecular weight excluding hydrogens is 240 g/mol. The molecule has 110 valence electrons. The fourth-order valence-corrected chi connectivity index (χ4v) is 3.13. The Morgan fingerprint density at radius 1 is 1.21 bits per heavy atom. The molecule has 2 N–H and O–H groups in total. The summed E-state index contributed by atoms with van der Waals surface area (Å²) < 4.78 is 5.41. The van der Waals surface area contributed by atoms with Crippen LogP contribution in [0, 0.1) is 11.8 Å². The lowest BCUT2D eigenvalue weighted by Crippen LogP contribution is -2.43. The molecule has 0 radical (unpaired) electrons. The number of nitrogens with two attached hydrogens (primary N) is 1. The molecule has 19 heavy (non-hydrogen) atoms. The number of rotatable bonds is 2. The van der Waals surface area contributed by atoms with Crippen LogP contribution in [0.25, 0.3) is 0 Å². The zero-order valence-corrected chi connectivity index (χ0v) is 12.5. The third-order valence-electron chi connectivity index (χ3n) is 4.21. The number of carbonyl (C=O) groups excluding carboxylic acids is 1. The van der Waals surface area contributed by atoms with E-state index in [1.807, 2.05) is 25.7 Å². The highest BCUT2D eigenvalue weighted by Crippen LogP contribution is 2.35. The van der Waals surface area contributed by atoms with E-state index in [1.54, 1.807) is 0 Å². The van der Waals surface area contributed by atoms with Gasteiger partial charge < -0.3 is 15.4 Å². The van der Waals surface area contributed by atoms with E-state index in [0.29, 0.717) is 6.04 Å². The summed E-state index contributed by atoms with van der Waals surface area (Å²) in [6.07, 6.45) is 5.78. The molecule has 1 heterocycles. The quantitative estimate of drug-likeness (QED) is 0.838. The Hall–Kier alpha value is -0.770. The van der Waals surface area contributed by atoms with Gasteiger partial charge in [0.25, 0.3) is 0 Å². The highest BCUT2D eigenvalue weighted by Gasteiger charge is 2.31. The van der Waals surface area contributed by atoms with Gasteiger partial charge in [-0.3, -0.25) is 0 Å². The summed E-state index contributed by atoms with van der Waals surface area (Å²) in [6.45, 7) is 7.43. The van der Waals surface area contributed by atoms with Crippen LogP contribution in [-0.2, 0) is 4.74 Å². The van der Waals surface area contributed by atoms with Crippen LogP contribution in [0.4, 0.5) is 4.79 Å². The highest BCUT2D eigenvalue weighted by atomic mass is 16.6. The highest BCUT2D eigenvalue weighted by molar-refractivity contribution is 5.68. The maximum Gasteiger partial charge on any atom is 0.410 e. The van der Waals surface area contributed by atoms with Crippen molar-refractivity contribution in [1.82, 2.24) is 4.90 Å². The largest absolute Gasteiger partial charge is 0.444 e. The number of carbonyl (C=O) groups is 1. The molecule has 2 fully saturated rings. The summed E-state index contributed by atoms with van der Waals surface area (Å²) in [7, 11) is 0. The number of hydrogen-bond acceptors (Lipinski definition) is 3. The molecule has 0 aromatic rings. The molecule has 4 nitrogen and oxygen atoms in total. The predicted octanol–water partition coefficient (Wildman–Crippen LogP) is 2.76. The van der Waals surface area contributed by atoms with Crippen molar-refractivity contribution in [3.8, 4) is 0 Å². The van der Waals surface area contributed by atoms with E-state index in [2.05, 4.69) is 0 Å². The molecule has 0 atom stereocenters. The van der Waals surface area contributed by atoms with E-state index in [-0.39, 0.29) is 6.09 Å². The molecule has 1 saturated carbocycles. The van der Waals surface area contributed by atoms with Gasteiger partial charge in [0.2, 0.25) is 0 Å². The first-order valence-electron chi connectivity index (χ1n) is 7.57. The normalized spacial score (nSPS) is 28.9. The van der Waals surface area contributed by atoms with Gasteiger partial charge in [0.15, 0.2) is 0 Å². The molecule has 0 spiro atoms. The van der Waals surface area contributed by atoms with Gasteiger partial charge in [-0.1, -0.05) is 0 Å². The summed E-state index contributed by atoms with van der Waals surface area (Å²) in [5.41, 5.74) is 5.43. The molecule has 0 aromatic carbocycles. The van der Waals surface area contributed by atoms with Crippen LogP contribution in [0.1, 0.15) is 52.9 Å². The SMILES string of the molecule is CC(C)(C)OC(=O)N1CCC(CC2CC(N)C2)CC1. The maximum absolute atomic E-state index is 11.9. The van der Waals surface area contributed by atoms with Gasteiger partial charge in [-0.2, -0.15) is 0 Å². The first-order valence-corrected chi connectivity index (χ1v) is 7.57. The van der Waals surface area contributed by atoms with Crippen LogP contribution in [0.2, 0.25) is 0 Å². The van der Waals surface area contributed by atoms with E-state index in [9.17, 15) is 4.79 Å². The van der Waals surface area contributed by atoms with Gasteiger partial charge >= 0.3 is 6.09 Å². The van der Waals surface area contributed by atoms with Crippen LogP contribution < -0.4 is 5.73 Å². The minimum absolute atomic E-state index is 0.156. The van der Waals surface area contributed by atoms with E-state index >= 15 is 0 Å². The van der Waals surface area contributed by atoms with Crippen LogP contribution in [0.15, 0.2) is 0 Å². The second-order valence-electron chi connectivity index (χ2n) is 7.24. The summed E-state index contributed by atoms with van der Waals surface area (Å²) in [6, 6.07) is 0.451. The lowest BCUT2D eigenvalue weighted by molar-refractivity contribution is 0.0168. The van der Waals surface area contributed by atoms with Crippen LogP contribution in [0.5, 0.6) is 0 Å². The van der Waals surface area contributed by atoms with E-state index in [1.165, 1.54) is 19.3 Å². The maximum atomic E-state index is 11.9. The second kappa shape index (κ2) is 5.70. The fraction of sp³-hybridized carbons (Fsp3) is 0.933. The zero-order valence-electron chi connectivity index (χ0n) is 12.5. The van der Waals surface area contributed by atoms with Crippen molar-refractivity contribution in [3.63, 3.8) is 0 Å². The van der Waals surface area contributed by atoms with Gasteiger partial charge in [-0.15, -0.1) is 0 Å². The Bertz CT molecular complexity index is 311. The number of amides is 1. The number of nitrogens with zero attached hydrogens (tertiary/aromatic N) is 1. The van der Waals surface area contributed by atoms with Crippen molar-refractivity contribution < 1.29 is 9.53 Å². The Balaban J connectivity index is 1.68. The van der Waals surface area contributed by atoms with Crippen LogP contribution >= 0.6 is 0 Å². The molecule has 1 saturated heterocycles. The molecule has 1 aliphatic heterocycles. The average Bonchev–Trinajstić information content (AvgIpc) is 2.25. The first-order chi connectivity index (χ1) is 8.83. The zero-order chi connectivity index (χ0) is 14.0. The summed E-state index contributed by atoms with van der Waals surface area (Å²) in [5, 5.41) is 0. The molecule has 0 bridgehead atoms. The number of hydrogen-bond donors (Lipinski definition) is 1. The molecule has 0 aromatic heterocycles. The molecule has 2 aliphatic rings. The summed E-state index contributed by atoms with van der Waals surface area (Å²) in [4.78, 5) is 13.8. The van der Waals surface area contributed by atoms with Crippen LogP contribution in [0.3, 0.4) is 0 Å². The predicted molar refractivity (Wildman–Crippen MR) is 75.8 cm³/mol.